The van der Waals surface area contributed by atoms with Gasteiger partial charge in [-0.25, -0.2) is 18.1 Å². The molecule has 1 aliphatic carbocycles. The second-order valence-electron chi connectivity index (χ2n) is 5.17. The molecule has 116 valence electrons. The van der Waals surface area contributed by atoms with Crippen LogP contribution < -0.4 is 5.32 Å². The zero-order valence-corrected chi connectivity index (χ0v) is 12.7. The highest BCUT2D eigenvalue weighted by atomic mass is 32.2. The van der Waals surface area contributed by atoms with Crippen LogP contribution in [0.3, 0.4) is 0 Å². The number of hydrogen-bond acceptors (Lipinski definition) is 5. The van der Waals surface area contributed by atoms with Gasteiger partial charge in [0, 0.05) is 11.8 Å². The molecule has 21 heavy (non-hydrogen) atoms. The normalized spacial score (nSPS) is 16.6. The lowest BCUT2D eigenvalue weighted by Gasteiger charge is -2.21. The molecule has 1 aromatic rings. The third-order valence-corrected chi connectivity index (χ3v) is 4.86. The predicted molar refractivity (Wildman–Crippen MR) is 79.4 cm³/mol. The van der Waals surface area contributed by atoms with E-state index in [0.29, 0.717) is 6.04 Å². The fraction of sp³-hybridized carbons (Fsp3) is 0.615. The summed E-state index contributed by atoms with van der Waals surface area (Å²) < 4.78 is 24.3. The fourth-order valence-corrected chi connectivity index (χ4v) is 3.00. The van der Waals surface area contributed by atoms with Crippen molar-refractivity contribution in [3.63, 3.8) is 0 Å². The van der Waals surface area contributed by atoms with Crippen molar-refractivity contribution in [1.29, 1.82) is 0 Å². The van der Waals surface area contributed by atoms with Gasteiger partial charge >= 0.3 is 0 Å². The Morgan fingerprint density at radius 2 is 2.14 bits per heavy atom. The molecule has 1 N–H and O–H groups in total. The topological polar surface area (TPSA) is 94.0 Å². The molecule has 7 nitrogen and oxygen atoms in total. The molecule has 1 amide bonds. The van der Waals surface area contributed by atoms with Crippen LogP contribution in [0, 0.1) is 0 Å². The molecule has 2 rings (SSSR count). The Morgan fingerprint density at radius 1 is 1.43 bits per heavy atom. The van der Waals surface area contributed by atoms with Gasteiger partial charge in [0.1, 0.15) is 6.33 Å². The third kappa shape index (κ3) is 4.66. The Bertz CT molecular complexity index is 603. The summed E-state index contributed by atoms with van der Waals surface area (Å²) in [5.74, 6) is -0.450. The summed E-state index contributed by atoms with van der Waals surface area (Å²) in [6.07, 6.45) is 7.27. The number of aromatic nitrogens is 3. The first-order valence-electron chi connectivity index (χ1n) is 7.06. The summed E-state index contributed by atoms with van der Waals surface area (Å²) in [5, 5.41) is 7.62. The summed E-state index contributed by atoms with van der Waals surface area (Å²) in [5.41, 5.74) is 0. The standard InChI is InChI=1S/C13H20N4O3S/c1-2-21(19,20)9-8-12(18)15-13-14-10-17(16-13)11-6-4-3-5-7-11/h2,10-11H,1,3-9H2,(H,15,16,18). The predicted octanol–water partition coefficient (Wildman–Crippen LogP) is 1.67. The molecule has 1 saturated carbocycles. The van der Waals surface area contributed by atoms with E-state index in [-0.39, 0.29) is 18.1 Å². The lowest BCUT2D eigenvalue weighted by molar-refractivity contribution is -0.115. The minimum Gasteiger partial charge on any atom is -0.293 e. The van der Waals surface area contributed by atoms with Gasteiger partial charge in [-0.05, 0) is 12.8 Å². The van der Waals surface area contributed by atoms with E-state index in [0.717, 1.165) is 18.2 Å². The van der Waals surface area contributed by atoms with Crippen LogP contribution in [0.25, 0.3) is 0 Å². The van der Waals surface area contributed by atoms with Gasteiger partial charge in [-0.3, -0.25) is 10.1 Å². The maximum absolute atomic E-state index is 11.7. The number of sulfone groups is 1. The Labute approximate surface area is 124 Å². The third-order valence-electron chi connectivity index (χ3n) is 3.58. The Balaban J connectivity index is 1.87. The zero-order valence-electron chi connectivity index (χ0n) is 11.9. The van der Waals surface area contributed by atoms with E-state index in [2.05, 4.69) is 22.0 Å². The number of carbonyl (C=O) groups excluding carboxylic acids is 1. The number of carbonyl (C=O) groups is 1. The van der Waals surface area contributed by atoms with Gasteiger partial charge in [-0.15, -0.1) is 5.10 Å². The molecule has 1 aromatic heterocycles. The first-order chi connectivity index (χ1) is 10.00. The fourth-order valence-electron chi connectivity index (χ4n) is 2.36. The summed E-state index contributed by atoms with van der Waals surface area (Å²) in [7, 11) is -3.36. The highest BCUT2D eigenvalue weighted by molar-refractivity contribution is 7.94. The SMILES string of the molecule is C=CS(=O)(=O)CCC(=O)Nc1ncn(C2CCCCC2)n1. The number of amides is 1. The molecule has 0 radical (unpaired) electrons. The van der Waals surface area contributed by atoms with Crippen molar-refractivity contribution in [2.24, 2.45) is 0 Å². The second kappa shape index (κ2) is 6.84. The van der Waals surface area contributed by atoms with E-state index in [1.54, 1.807) is 11.0 Å². The molecule has 0 aliphatic heterocycles. The largest absolute Gasteiger partial charge is 0.293 e. The molecule has 0 bridgehead atoms. The zero-order chi connectivity index (χ0) is 15.3. The van der Waals surface area contributed by atoms with Crippen molar-refractivity contribution in [3.05, 3.63) is 18.3 Å². The molecule has 0 saturated heterocycles. The van der Waals surface area contributed by atoms with Gasteiger partial charge < -0.3 is 0 Å². The smallest absolute Gasteiger partial charge is 0.248 e. The summed E-state index contributed by atoms with van der Waals surface area (Å²) in [6.45, 7) is 3.20. The minimum atomic E-state index is -3.36. The number of hydrogen-bond donors (Lipinski definition) is 1. The van der Waals surface area contributed by atoms with Crippen LogP contribution in [-0.2, 0) is 14.6 Å². The molecule has 1 fully saturated rings. The van der Waals surface area contributed by atoms with Crippen molar-refractivity contribution in [1.82, 2.24) is 14.8 Å². The Hall–Kier alpha value is -1.70. The van der Waals surface area contributed by atoms with E-state index < -0.39 is 15.7 Å². The van der Waals surface area contributed by atoms with E-state index >= 15 is 0 Å². The molecular weight excluding hydrogens is 292 g/mol. The molecular formula is C13H20N4O3S. The van der Waals surface area contributed by atoms with Crippen LogP contribution in [0.5, 0.6) is 0 Å². The van der Waals surface area contributed by atoms with Crippen LogP contribution in [-0.4, -0.2) is 34.8 Å². The van der Waals surface area contributed by atoms with Crippen molar-refractivity contribution >= 4 is 21.7 Å². The summed E-state index contributed by atoms with van der Waals surface area (Å²) in [4.78, 5) is 15.7. The van der Waals surface area contributed by atoms with Crippen molar-refractivity contribution in [2.75, 3.05) is 11.1 Å². The Kier molecular flexibility index (Phi) is 5.11. The van der Waals surface area contributed by atoms with Crippen LogP contribution >= 0.6 is 0 Å². The molecule has 0 atom stereocenters. The lowest BCUT2D eigenvalue weighted by atomic mass is 9.96. The van der Waals surface area contributed by atoms with Crippen LogP contribution in [0.4, 0.5) is 5.95 Å². The number of nitrogens with zero attached hydrogens (tertiary/aromatic N) is 3. The molecule has 0 spiro atoms. The first kappa shape index (κ1) is 15.7. The van der Waals surface area contributed by atoms with Gasteiger partial charge in [0.05, 0.1) is 11.8 Å². The monoisotopic (exact) mass is 312 g/mol. The van der Waals surface area contributed by atoms with E-state index in [4.69, 9.17) is 0 Å². The lowest BCUT2D eigenvalue weighted by Crippen LogP contribution is -2.18. The maximum Gasteiger partial charge on any atom is 0.248 e. The number of anilines is 1. The molecule has 0 aromatic carbocycles. The summed E-state index contributed by atoms with van der Waals surface area (Å²) >= 11 is 0. The van der Waals surface area contributed by atoms with Gasteiger partial charge in [0.25, 0.3) is 0 Å². The maximum atomic E-state index is 11.7. The van der Waals surface area contributed by atoms with Crippen LogP contribution in [0.2, 0.25) is 0 Å². The minimum absolute atomic E-state index is 0.133. The Morgan fingerprint density at radius 3 is 2.81 bits per heavy atom. The van der Waals surface area contributed by atoms with Crippen molar-refractivity contribution in [2.45, 2.75) is 44.6 Å². The van der Waals surface area contributed by atoms with E-state index in [9.17, 15) is 13.2 Å². The average Bonchev–Trinajstić information content (AvgIpc) is 2.95. The van der Waals surface area contributed by atoms with E-state index in [1.165, 1.54) is 19.3 Å². The quantitative estimate of drug-likeness (QED) is 0.862. The average molecular weight is 312 g/mol. The number of nitrogens with one attached hydrogen (secondary N) is 1. The van der Waals surface area contributed by atoms with Crippen molar-refractivity contribution in [3.8, 4) is 0 Å². The second-order valence-corrected chi connectivity index (χ2v) is 7.24. The van der Waals surface area contributed by atoms with Gasteiger partial charge in [-0.2, -0.15) is 0 Å². The van der Waals surface area contributed by atoms with E-state index in [1.807, 2.05) is 0 Å². The summed E-state index contributed by atoms with van der Waals surface area (Å²) in [6, 6.07) is 0.345. The highest BCUT2D eigenvalue weighted by Gasteiger charge is 2.17. The van der Waals surface area contributed by atoms with Crippen LogP contribution in [0.15, 0.2) is 18.3 Å². The molecule has 1 heterocycles. The van der Waals surface area contributed by atoms with Crippen LogP contribution in [0.1, 0.15) is 44.6 Å². The molecule has 1 aliphatic rings. The van der Waals surface area contributed by atoms with Gasteiger partial charge in [0.15, 0.2) is 9.84 Å². The van der Waals surface area contributed by atoms with Gasteiger partial charge in [-0.1, -0.05) is 25.8 Å². The first-order valence-corrected chi connectivity index (χ1v) is 8.78. The van der Waals surface area contributed by atoms with Gasteiger partial charge in [0.2, 0.25) is 11.9 Å². The number of rotatable bonds is 6. The molecule has 0 unspecified atom stereocenters. The molecule has 8 heteroatoms. The highest BCUT2D eigenvalue weighted by Crippen LogP contribution is 2.27. The van der Waals surface area contributed by atoms with Crippen molar-refractivity contribution < 1.29 is 13.2 Å².